The molecule has 0 fully saturated rings. The Kier molecular flexibility index (Phi) is 6.90. The van der Waals surface area contributed by atoms with Crippen molar-refractivity contribution in [1.82, 2.24) is 4.98 Å². The summed E-state index contributed by atoms with van der Waals surface area (Å²) in [6.45, 7) is 0.484. The average molecular weight is 558 g/mol. The molecule has 0 bridgehead atoms. The predicted octanol–water partition coefficient (Wildman–Crippen LogP) is 8.06. The second-order valence-electron chi connectivity index (χ2n) is 6.27. The lowest BCUT2D eigenvalue weighted by molar-refractivity contribution is 0.304. The summed E-state index contributed by atoms with van der Waals surface area (Å²) >= 11 is 9.98. The number of hydrogen-bond donors (Lipinski definition) is 0. The molecule has 4 rings (SSSR count). The Balaban J connectivity index is 1.47. The smallest absolute Gasteiger partial charge is 0.156 e. The number of aromatic nitrogens is 1. The van der Waals surface area contributed by atoms with Crippen LogP contribution in [0.3, 0.4) is 0 Å². The molecule has 7 heteroatoms. The molecule has 0 N–H and O–H groups in total. The summed E-state index contributed by atoms with van der Waals surface area (Å²) in [5.41, 5.74) is 2.97. The zero-order valence-electron chi connectivity index (χ0n) is 15.5. The Bertz CT molecular complexity index is 1230. The monoisotopic (exact) mass is 556 g/mol. The van der Waals surface area contributed by atoms with E-state index in [0.29, 0.717) is 11.5 Å². The molecule has 3 aromatic carbocycles. The summed E-state index contributed by atoms with van der Waals surface area (Å²) in [5.74, 6) is 0.757. The molecule has 0 aliphatic carbocycles. The van der Waals surface area contributed by atoms with Gasteiger partial charge in [0.25, 0.3) is 0 Å². The van der Waals surface area contributed by atoms with Gasteiger partial charge >= 0.3 is 0 Å². The van der Waals surface area contributed by atoms with Crippen molar-refractivity contribution in [1.29, 1.82) is 5.26 Å². The molecule has 0 unspecified atom stereocenters. The van der Waals surface area contributed by atoms with E-state index in [1.807, 2.05) is 72.8 Å². The van der Waals surface area contributed by atoms with Crippen LogP contribution in [0.4, 0.5) is 0 Å². The number of allylic oxidation sites excluding steroid dienone is 1. The van der Waals surface area contributed by atoms with Crippen LogP contribution in [0.1, 0.15) is 11.1 Å². The fraction of sp³-hybridized carbons (Fsp3) is 0.0435. The number of thiazole rings is 1. The van der Waals surface area contributed by atoms with Gasteiger partial charge in [0, 0.05) is 4.47 Å². The maximum atomic E-state index is 9.58. The van der Waals surface area contributed by atoms with Crippen molar-refractivity contribution in [3.05, 3.63) is 91.7 Å². The van der Waals surface area contributed by atoms with Crippen molar-refractivity contribution >= 4 is 71.3 Å². The molecule has 0 atom stereocenters. The molecule has 0 spiro atoms. The first-order chi connectivity index (χ1) is 14.6. The molecule has 0 saturated carbocycles. The summed E-state index contributed by atoms with van der Waals surface area (Å²) in [4.78, 5) is 5.18. The fourth-order valence-corrected chi connectivity index (χ4v) is 5.44. The first-order valence-corrected chi connectivity index (χ1v) is 12.1. The highest BCUT2D eigenvalue weighted by molar-refractivity contribution is 9.10. The second kappa shape index (κ2) is 9.80. The number of nitriles is 1. The molecule has 0 aliphatic rings. The number of para-hydroxylation sites is 1. The van der Waals surface area contributed by atoms with Gasteiger partial charge in [-0.2, -0.15) is 5.26 Å². The number of hydrogen-bond acceptors (Lipinski definition) is 5. The predicted molar refractivity (Wildman–Crippen MR) is 132 cm³/mol. The summed E-state index contributed by atoms with van der Waals surface area (Å²) in [5, 5.41) is 9.58. The van der Waals surface area contributed by atoms with Crippen LogP contribution in [-0.4, -0.2) is 4.98 Å². The molecule has 0 saturated heterocycles. The SMILES string of the molecule is N#C/C(=C\c1ccc(OCc2ccc(Br)cc2)c(Br)c1)Sc1nc2ccccc2s1. The van der Waals surface area contributed by atoms with E-state index in [1.165, 1.54) is 11.8 Å². The fourth-order valence-electron chi connectivity index (χ4n) is 2.69. The lowest BCUT2D eigenvalue weighted by atomic mass is 10.2. The van der Waals surface area contributed by atoms with Crippen molar-refractivity contribution in [3.63, 3.8) is 0 Å². The molecule has 148 valence electrons. The second-order valence-corrected chi connectivity index (χ2v) is 10.4. The largest absolute Gasteiger partial charge is 0.488 e. The zero-order valence-corrected chi connectivity index (χ0v) is 20.3. The van der Waals surface area contributed by atoms with Crippen LogP contribution in [0.5, 0.6) is 5.75 Å². The third-order valence-corrected chi connectivity index (χ3v) is 7.32. The molecule has 3 nitrogen and oxygen atoms in total. The van der Waals surface area contributed by atoms with Crippen LogP contribution in [0.2, 0.25) is 0 Å². The van der Waals surface area contributed by atoms with E-state index in [1.54, 1.807) is 11.3 Å². The average Bonchev–Trinajstić information content (AvgIpc) is 3.16. The quantitative estimate of drug-likeness (QED) is 0.178. The molecule has 30 heavy (non-hydrogen) atoms. The lowest BCUT2D eigenvalue weighted by Crippen LogP contribution is -1.96. The Morgan fingerprint density at radius 3 is 2.63 bits per heavy atom. The number of thioether (sulfide) groups is 1. The van der Waals surface area contributed by atoms with Gasteiger partial charge < -0.3 is 4.74 Å². The summed E-state index contributed by atoms with van der Waals surface area (Å²) in [6, 6.07) is 24.1. The maximum Gasteiger partial charge on any atom is 0.156 e. The van der Waals surface area contributed by atoms with E-state index in [4.69, 9.17) is 4.74 Å². The van der Waals surface area contributed by atoms with Gasteiger partial charge in [-0.1, -0.05) is 46.3 Å². The third-order valence-electron chi connectivity index (χ3n) is 4.14. The van der Waals surface area contributed by atoms with Crippen LogP contribution in [-0.2, 0) is 6.61 Å². The van der Waals surface area contributed by atoms with Gasteiger partial charge in [-0.3, -0.25) is 0 Å². The number of ether oxygens (including phenoxy) is 1. The van der Waals surface area contributed by atoms with E-state index in [0.717, 1.165) is 40.4 Å². The highest BCUT2D eigenvalue weighted by Gasteiger charge is 2.08. The minimum absolute atomic E-state index is 0.484. The summed E-state index contributed by atoms with van der Waals surface area (Å²) in [6.07, 6.45) is 1.86. The molecular weight excluding hydrogens is 544 g/mol. The molecule has 4 aromatic rings. The van der Waals surface area contributed by atoms with Gasteiger partial charge in [-0.05, 0) is 81.3 Å². The summed E-state index contributed by atoms with van der Waals surface area (Å²) < 4.78 is 9.78. The first kappa shape index (κ1) is 21.1. The van der Waals surface area contributed by atoms with E-state index in [-0.39, 0.29) is 0 Å². The van der Waals surface area contributed by atoms with Crippen molar-refractivity contribution in [2.75, 3.05) is 0 Å². The van der Waals surface area contributed by atoms with Gasteiger partial charge in [0.05, 0.1) is 19.6 Å². The van der Waals surface area contributed by atoms with Crippen molar-refractivity contribution in [2.24, 2.45) is 0 Å². The Morgan fingerprint density at radius 1 is 1.10 bits per heavy atom. The Hall–Kier alpha value is -2.11. The van der Waals surface area contributed by atoms with Crippen molar-refractivity contribution in [3.8, 4) is 11.8 Å². The minimum atomic E-state index is 0.484. The minimum Gasteiger partial charge on any atom is -0.488 e. The highest BCUT2D eigenvalue weighted by Crippen LogP contribution is 2.35. The third kappa shape index (κ3) is 5.32. The number of nitrogens with zero attached hydrogens (tertiary/aromatic N) is 2. The molecule has 1 aromatic heterocycles. The maximum absolute atomic E-state index is 9.58. The van der Waals surface area contributed by atoms with Gasteiger partial charge in [-0.25, -0.2) is 4.98 Å². The topological polar surface area (TPSA) is 45.9 Å². The van der Waals surface area contributed by atoms with Gasteiger partial charge in [0.2, 0.25) is 0 Å². The number of rotatable bonds is 6. The zero-order chi connectivity index (χ0) is 20.9. The van der Waals surface area contributed by atoms with E-state index >= 15 is 0 Å². The normalized spacial score (nSPS) is 11.4. The van der Waals surface area contributed by atoms with Crippen LogP contribution >= 0.6 is 55.0 Å². The van der Waals surface area contributed by atoms with Gasteiger partial charge in [-0.15, -0.1) is 11.3 Å². The number of fused-ring (bicyclic) bond motifs is 1. The standard InChI is InChI=1S/C23H14Br2N2OS2/c24-17-8-5-15(6-9-17)14-28-21-10-7-16(12-19(21)25)11-18(13-26)29-23-27-20-3-1-2-4-22(20)30-23/h1-12H,14H2/b18-11+. The van der Waals surface area contributed by atoms with Crippen LogP contribution in [0, 0.1) is 11.3 Å². The molecule has 0 radical (unpaired) electrons. The van der Waals surface area contributed by atoms with Gasteiger partial charge in [0.15, 0.2) is 4.34 Å². The lowest BCUT2D eigenvalue weighted by Gasteiger charge is -2.09. The van der Waals surface area contributed by atoms with Crippen molar-refractivity contribution in [2.45, 2.75) is 10.9 Å². The molecular formula is C23H14Br2N2OS2. The van der Waals surface area contributed by atoms with Crippen molar-refractivity contribution < 1.29 is 4.74 Å². The molecule has 1 heterocycles. The first-order valence-electron chi connectivity index (χ1n) is 8.93. The number of halogens is 2. The molecule has 0 aliphatic heterocycles. The van der Waals surface area contributed by atoms with Crippen LogP contribution < -0.4 is 4.74 Å². The summed E-state index contributed by atoms with van der Waals surface area (Å²) in [7, 11) is 0. The van der Waals surface area contributed by atoms with E-state index in [9.17, 15) is 5.26 Å². The Labute approximate surface area is 199 Å². The Morgan fingerprint density at radius 2 is 1.90 bits per heavy atom. The van der Waals surface area contributed by atoms with E-state index < -0.39 is 0 Å². The van der Waals surface area contributed by atoms with Crippen LogP contribution in [0.15, 0.2) is 84.9 Å². The van der Waals surface area contributed by atoms with E-state index in [2.05, 4.69) is 42.9 Å². The molecule has 0 amide bonds. The highest BCUT2D eigenvalue weighted by atomic mass is 79.9. The number of benzene rings is 3. The van der Waals surface area contributed by atoms with Crippen LogP contribution in [0.25, 0.3) is 16.3 Å². The van der Waals surface area contributed by atoms with Gasteiger partial charge in [0.1, 0.15) is 18.4 Å².